The molecule has 2 atom stereocenters. The van der Waals surface area contributed by atoms with Crippen molar-refractivity contribution < 1.29 is 22.8 Å². The van der Waals surface area contributed by atoms with Crippen molar-refractivity contribution in [2.45, 2.75) is 24.9 Å². The van der Waals surface area contributed by atoms with Gasteiger partial charge in [-0.3, -0.25) is 14.0 Å². The van der Waals surface area contributed by atoms with E-state index in [2.05, 4.69) is 36.1 Å². The molecule has 3 rings (SSSR count). The van der Waals surface area contributed by atoms with Crippen molar-refractivity contribution in [1.29, 1.82) is 0 Å². The molecule has 9 heteroatoms. The number of anilines is 1. The molecule has 0 aromatic heterocycles. The summed E-state index contributed by atoms with van der Waals surface area (Å²) in [6.45, 7) is 3.39. The van der Waals surface area contributed by atoms with Crippen LogP contribution in [0.3, 0.4) is 0 Å². The lowest BCUT2D eigenvalue weighted by molar-refractivity contribution is 0.203. The highest BCUT2D eigenvalue weighted by Crippen LogP contribution is 2.51. The fourth-order valence-electron chi connectivity index (χ4n) is 3.78. The van der Waals surface area contributed by atoms with Crippen molar-refractivity contribution in [3.05, 3.63) is 23.8 Å². The number of nitrogens with zero attached hydrogens (tertiary/aromatic N) is 2. The van der Waals surface area contributed by atoms with Crippen LogP contribution >= 0.6 is 0 Å². The molecule has 8 nitrogen and oxygen atoms in total. The SMILES string of the molecule is CNC(=O)Oc1ccc2c(c1)[C@]1(C)CCN(C)[C@@H]1N2C.O=S(O)O. The van der Waals surface area contributed by atoms with Crippen LogP contribution < -0.4 is 15.0 Å². The number of rotatable bonds is 1. The number of hydrogen-bond acceptors (Lipinski definition) is 5. The zero-order chi connectivity index (χ0) is 18.1. The van der Waals surface area contributed by atoms with Crippen molar-refractivity contribution in [2.24, 2.45) is 0 Å². The molecule has 24 heavy (non-hydrogen) atoms. The molecule has 134 valence electrons. The zero-order valence-electron chi connectivity index (χ0n) is 14.1. The molecule has 1 saturated heterocycles. The average Bonchev–Trinajstić information content (AvgIpc) is 2.92. The fraction of sp³-hybridized carbons (Fsp3) is 0.533. The second kappa shape index (κ2) is 7.06. The van der Waals surface area contributed by atoms with Crippen LogP contribution in [0.25, 0.3) is 0 Å². The fourth-order valence-corrected chi connectivity index (χ4v) is 3.78. The molecule has 2 aliphatic heterocycles. The summed E-state index contributed by atoms with van der Waals surface area (Å²) in [4.78, 5) is 16.1. The van der Waals surface area contributed by atoms with Gasteiger partial charge < -0.3 is 15.0 Å². The Balaban J connectivity index is 0.000000471. The van der Waals surface area contributed by atoms with Gasteiger partial charge in [-0.1, -0.05) is 6.92 Å². The Bertz CT molecular complexity index is 652. The predicted molar refractivity (Wildman–Crippen MR) is 91.7 cm³/mol. The highest BCUT2D eigenvalue weighted by Gasteiger charge is 2.52. The van der Waals surface area contributed by atoms with Gasteiger partial charge in [-0.15, -0.1) is 0 Å². The van der Waals surface area contributed by atoms with Gasteiger partial charge >= 0.3 is 6.09 Å². The van der Waals surface area contributed by atoms with E-state index >= 15 is 0 Å². The van der Waals surface area contributed by atoms with E-state index in [0.717, 1.165) is 13.0 Å². The second-order valence-electron chi connectivity index (χ2n) is 6.18. The minimum absolute atomic E-state index is 0.0981. The summed E-state index contributed by atoms with van der Waals surface area (Å²) in [6, 6.07) is 5.92. The van der Waals surface area contributed by atoms with Crippen LogP contribution in [0.15, 0.2) is 18.2 Å². The Kier molecular flexibility index (Phi) is 5.49. The normalized spacial score (nSPS) is 25.0. The summed E-state index contributed by atoms with van der Waals surface area (Å²) in [5, 5.41) is 2.47. The van der Waals surface area contributed by atoms with Crippen LogP contribution in [0.4, 0.5) is 10.5 Å². The van der Waals surface area contributed by atoms with Crippen LogP contribution in [0.5, 0.6) is 5.75 Å². The van der Waals surface area contributed by atoms with E-state index in [1.807, 2.05) is 18.2 Å². The number of ether oxygens (including phenoxy) is 1. The van der Waals surface area contributed by atoms with Crippen LogP contribution in [0, 0.1) is 0 Å². The minimum Gasteiger partial charge on any atom is -0.410 e. The Hall–Kier alpha value is -1.68. The third-order valence-electron chi connectivity index (χ3n) is 4.72. The first kappa shape index (κ1) is 18.7. The van der Waals surface area contributed by atoms with Crippen LogP contribution in [-0.2, 0) is 16.8 Å². The van der Waals surface area contributed by atoms with E-state index in [1.165, 1.54) is 11.3 Å². The van der Waals surface area contributed by atoms with Gasteiger partial charge in [-0.25, -0.2) is 4.79 Å². The van der Waals surface area contributed by atoms with Crippen molar-refractivity contribution in [3.63, 3.8) is 0 Å². The molecule has 0 aliphatic carbocycles. The Labute approximate surface area is 143 Å². The quantitative estimate of drug-likeness (QED) is 0.654. The van der Waals surface area contributed by atoms with E-state index < -0.39 is 17.5 Å². The zero-order valence-corrected chi connectivity index (χ0v) is 15.0. The number of hydrogen-bond donors (Lipinski definition) is 3. The summed E-state index contributed by atoms with van der Waals surface area (Å²) in [6.07, 6.45) is 1.07. The molecule has 1 aromatic rings. The minimum atomic E-state index is -2.61. The third kappa shape index (κ3) is 3.39. The van der Waals surface area contributed by atoms with Gasteiger partial charge in [-0.05, 0) is 37.2 Å². The van der Waals surface area contributed by atoms with Gasteiger partial charge in [0.25, 0.3) is 11.4 Å². The molecule has 1 amide bonds. The molecular weight excluding hydrogens is 334 g/mol. The van der Waals surface area contributed by atoms with Gasteiger partial charge in [-0.2, -0.15) is 4.21 Å². The lowest BCUT2D eigenvalue weighted by atomic mass is 9.81. The second-order valence-corrected chi connectivity index (χ2v) is 6.64. The smallest absolute Gasteiger partial charge is 0.410 e. The van der Waals surface area contributed by atoms with Crippen LogP contribution in [-0.4, -0.2) is 58.2 Å². The summed E-state index contributed by atoms with van der Waals surface area (Å²) in [5.74, 6) is 0.605. The first-order valence-corrected chi connectivity index (χ1v) is 8.54. The number of likely N-dealkylation sites (tertiary alicyclic amines) is 1. The van der Waals surface area contributed by atoms with E-state index in [-0.39, 0.29) is 5.41 Å². The van der Waals surface area contributed by atoms with Crippen LogP contribution in [0.2, 0.25) is 0 Å². The summed E-state index contributed by atoms with van der Waals surface area (Å²) in [5.41, 5.74) is 2.60. The summed E-state index contributed by atoms with van der Waals surface area (Å²) in [7, 11) is 5.86. The van der Waals surface area contributed by atoms with Gasteiger partial charge in [0, 0.05) is 31.7 Å². The van der Waals surface area contributed by atoms with Crippen molar-refractivity contribution in [2.75, 3.05) is 32.6 Å². The number of amides is 1. The monoisotopic (exact) mass is 357 g/mol. The first-order chi connectivity index (χ1) is 11.2. The summed E-state index contributed by atoms with van der Waals surface area (Å²) < 4.78 is 28.1. The first-order valence-electron chi connectivity index (χ1n) is 7.48. The standard InChI is InChI=1S/C15H21N3O2.H2O3S/c1-15-7-8-17(3)13(15)18(4)12-6-5-10(9-11(12)15)20-14(19)16-2;1-4(2)3/h5-6,9,13H,7-8H2,1-4H3,(H,16,19);(H2,1,2,3)/t13-,15+;/m1./s1. The maximum Gasteiger partial charge on any atom is 0.412 e. The van der Waals surface area contributed by atoms with Gasteiger partial charge in [0.1, 0.15) is 5.75 Å². The molecule has 2 heterocycles. The van der Waals surface area contributed by atoms with E-state index in [9.17, 15) is 4.79 Å². The molecule has 0 saturated carbocycles. The molecule has 1 aromatic carbocycles. The van der Waals surface area contributed by atoms with E-state index in [0.29, 0.717) is 11.9 Å². The van der Waals surface area contributed by atoms with E-state index in [1.54, 1.807) is 7.05 Å². The van der Waals surface area contributed by atoms with E-state index in [4.69, 9.17) is 18.1 Å². The number of fused-ring (bicyclic) bond motifs is 3. The molecule has 0 bridgehead atoms. The largest absolute Gasteiger partial charge is 0.412 e. The Morgan fingerprint density at radius 2 is 2.04 bits per heavy atom. The number of carbonyl (C=O) groups is 1. The summed E-state index contributed by atoms with van der Waals surface area (Å²) >= 11 is -2.61. The number of nitrogens with one attached hydrogen (secondary N) is 1. The highest BCUT2D eigenvalue weighted by atomic mass is 32.2. The molecule has 1 fully saturated rings. The van der Waals surface area contributed by atoms with Crippen LogP contribution in [0.1, 0.15) is 18.9 Å². The number of benzene rings is 1. The topological polar surface area (TPSA) is 102 Å². The third-order valence-corrected chi connectivity index (χ3v) is 4.72. The van der Waals surface area contributed by atoms with Gasteiger partial charge in [0.2, 0.25) is 0 Å². The molecular formula is C15H23N3O5S. The average molecular weight is 357 g/mol. The maximum absolute atomic E-state index is 11.4. The molecule has 3 N–H and O–H groups in total. The van der Waals surface area contributed by atoms with Crippen molar-refractivity contribution in [1.82, 2.24) is 10.2 Å². The Morgan fingerprint density at radius 1 is 1.42 bits per heavy atom. The highest BCUT2D eigenvalue weighted by molar-refractivity contribution is 7.73. The molecule has 0 unspecified atom stereocenters. The molecule has 2 aliphatic rings. The van der Waals surface area contributed by atoms with Gasteiger partial charge in [0.15, 0.2) is 0 Å². The Morgan fingerprint density at radius 3 is 2.62 bits per heavy atom. The molecule has 0 radical (unpaired) electrons. The predicted octanol–water partition coefficient (Wildman–Crippen LogP) is 1.46. The lowest BCUT2D eigenvalue weighted by Crippen LogP contribution is -2.45. The lowest BCUT2D eigenvalue weighted by Gasteiger charge is -2.32. The number of likely N-dealkylation sites (N-methyl/N-ethyl adjacent to an activating group) is 2. The number of carbonyl (C=O) groups excluding carboxylic acids is 1. The maximum atomic E-state index is 11.4. The van der Waals surface area contributed by atoms with Crippen molar-refractivity contribution >= 4 is 23.1 Å². The molecule has 0 spiro atoms. The van der Waals surface area contributed by atoms with Crippen molar-refractivity contribution in [3.8, 4) is 5.75 Å². The van der Waals surface area contributed by atoms with Gasteiger partial charge in [0.05, 0.1) is 6.17 Å².